The van der Waals surface area contributed by atoms with Crippen LogP contribution in [0.5, 0.6) is 5.75 Å². The number of aromatic nitrogens is 2. The zero-order chi connectivity index (χ0) is 21.0. The summed E-state index contributed by atoms with van der Waals surface area (Å²) in [7, 11) is 0. The third-order valence-electron chi connectivity index (χ3n) is 4.22. The van der Waals surface area contributed by atoms with E-state index in [0.717, 1.165) is 16.0 Å². The van der Waals surface area contributed by atoms with Gasteiger partial charge in [-0.3, -0.25) is 9.59 Å². The standard InChI is InChI=1S/C21H19Cl2N3O3/c1-3-29-16-7-4-14(5-8-16)18-10-11-20(27)26(25-18)13(2)21(28)24-19-12-15(22)6-9-17(19)23/h4-13H,3H2,1-2H3,(H,24,28). The van der Waals surface area contributed by atoms with Gasteiger partial charge in [-0.1, -0.05) is 23.2 Å². The van der Waals surface area contributed by atoms with Gasteiger partial charge in [-0.2, -0.15) is 5.10 Å². The molecule has 150 valence electrons. The van der Waals surface area contributed by atoms with Gasteiger partial charge in [0.05, 0.1) is 23.0 Å². The summed E-state index contributed by atoms with van der Waals surface area (Å²) >= 11 is 12.1. The normalized spacial score (nSPS) is 11.7. The number of nitrogens with zero attached hydrogens (tertiary/aromatic N) is 2. The molecule has 0 saturated carbocycles. The summed E-state index contributed by atoms with van der Waals surface area (Å²) in [6, 6.07) is 14.2. The largest absolute Gasteiger partial charge is 0.494 e. The summed E-state index contributed by atoms with van der Waals surface area (Å²) < 4.78 is 6.57. The monoisotopic (exact) mass is 431 g/mol. The fourth-order valence-electron chi connectivity index (χ4n) is 2.69. The van der Waals surface area contributed by atoms with Crippen molar-refractivity contribution in [1.29, 1.82) is 0 Å². The van der Waals surface area contributed by atoms with E-state index < -0.39 is 11.9 Å². The Morgan fingerprint density at radius 2 is 1.86 bits per heavy atom. The number of carbonyl (C=O) groups is 1. The van der Waals surface area contributed by atoms with Crippen LogP contribution in [0.3, 0.4) is 0 Å². The van der Waals surface area contributed by atoms with Crippen LogP contribution < -0.4 is 15.6 Å². The average Bonchev–Trinajstić information content (AvgIpc) is 2.71. The van der Waals surface area contributed by atoms with Gasteiger partial charge in [0.2, 0.25) is 5.91 Å². The number of amides is 1. The molecule has 0 aliphatic rings. The Balaban J connectivity index is 1.85. The van der Waals surface area contributed by atoms with Crippen molar-refractivity contribution in [2.45, 2.75) is 19.9 Å². The maximum absolute atomic E-state index is 12.7. The Bertz CT molecular complexity index is 1080. The lowest BCUT2D eigenvalue weighted by molar-refractivity contribution is -0.119. The van der Waals surface area contributed by atoms with Crippen molar-refractivity contribution in [3.63, 3.8) is 0 Å². The smallest absolute Gasteiger partial charge is 0.267 e. The molecule has 1 unspecified atom stereocenters. The highest BCUT2D eigenvalue weighted by molar-refractivity contribution is 6.35. The molecule has 3 rings (SSSR count). The van der Waals surface area contributed by atoms with Crippen molar-refractivity contribution in [2.24, 2.45) is 0 Å². The van der Waals surface area contributed by atoms with Crippen molar-refractivity contribution in [3.05, 3.63) is 75.0 Å². The fourth-order valence-corrected chi connectivity index (χ4v) is 3.02. The lowest BCUT2D eigenvalue weighted by Gasteiger charge is -2.16. The number of rotatable bonds is 6. The molecule has 0 bridgehead atoms. The fraction of sp³-hybridized carbons (Fsp3) is 0.190. The lowest BCUT2D eigenvalue weighted by atomic mass is 10.1. The highest BCUT2D eigenvalue weighted by Gasteiger charge is 2.19. The quantitative estimate of drug-likeness (QED) is 0.607. The van der Waals surface area contributed by atoms with E-state index >= 15 is 0 Å². The van der Waals surface area contributed by atoms with Gasteiger partial charge in [-0.05, 0) is 62.4 Å². The number of carbonyl (C=O) groups excluding carboxylic acids is 1. The number of nitrogens with one attached hydrogen (secondary N) is 1. The topological polar surface area (TPSA) is 73.2 Å². The van der Waals surface area contributed by atoms with Crippen LogP contribution in [0.25, 0.3) is 11.3 Å². The Morgan fingerprint density at radius 1 is 1.14 bits per heavy atom. The summed E-state index contributed by atoms with van der Waals surface area (Å²) in [6.07, 6.45) is 0. The SMILES string of the molecule is CCOc1ccc(-c2ccc(=O)n(C(C)C(=O)Nc3cc(Cl)ccc3Cl)n2)cc1. The Morgan fingerprint density at radius 3 is 2.55 bits per heavy atom. The first-order valence-electron chi connectivity index (χ1n) is 8.98. The number of ether oxygens (including phenoxy) is 1. The number of hydrogen-bond acceptors (Lipinski definition) is 4. The highest BCUT2D eigenvalue weighted by atomic mass is 35.5. The lowest BCUT2D eigenvalue weighted by Crippen LogP contribution is -2.33. The van der Waals surface area contributed by atoms with Gasteiger partial charge >= 0.3 is 0 Å². The summed E-state index contributed by atoms with van der Waals surface area (Å²) in [4.78, 5) is 25.0. The van der Waals surface area contributed by atoms with Gasteiger partial charge in [0.1, 0.15) is 11.8 Å². The molecular weight excluding hydrogens is 413 g/mol. The van der Waals surface area contributed by atoms with Crippen LogP contribution in [0, 0.1) is 0 Å². The van der Waals surface area contributed by atoms with Gasteiger partial charge < -0.3 is 10.1 Å². The van der Waals surface area contributed by atoms with Crippen LogP contribution in [-0.4, -0.2) is 22.3 Å². The number of anilines is 1. The minimum atomic E-state index is -0.861. The molecule has 29 heavy (non-hydrogen) atoms. The van der Waals surface area contributed by atoms with Crippen LogP contribution in [0.2, 0.25) is 10.0 Å². The summed E-state index contributed by atoms with van der Waals surface area (Å²) in [6.45, 7) is 4.07. The Labute approximate surface area is 178 Å². The van der Waals surface area contributed by atoms with Gasteiger partial charge in [-0.15, -0.1) is 0 Å². The van der Waals surface area contributed by atoms with Gasteiger partial charge in [0, 0.05) is 16.7 Å². The molecule has 0 fully saturated rings. The second kappa shape index (κ2) is 9.11. The van der Waals surface area contributed by atoms with Crippen LogP contribution >= 0.6 is 23.2 Å². The number of hydrogen-bond donors (Lipinski definition) is 1. The zero-order valence-electron chi connectivity index (χ0n) is 15.9. The van der Waals surface area contributed by atoms with E-state index in [-0.39, 0.29) is 5.56 Å². The first-order chi connectivity index (χ1) is 13.9. The van der Waals surface area contributed by atoms with E-state index in [4.69, 9.17) is 27.9 Å². The summed E-state index contributed by atoms with van der Waals surface area (Å²) in [5.41, 5.74) is 1.34. The third-order valence-corrected chi connectivity index (χ3v) is 4.78. The Kier molecular flexibility index (Phi) is 6.56. The minimum absolute atomic E-state index is 0.346. The molecule has 1 heterocycles. The van der Waals surface area contributed by atoms with E-state index in [0.29, 0.717) is 28.0 Å². The molecule has 1 aromatic heterocycles. The van der Waals surface area contributed by atoms with E-state index in [9.17, 15) is 9.59 Å². The molecule has 2 aromatic carbocycles. The van der Waals surface area contributed by atoms with Crippen molar-refractivity contribution >= 4 is 34.8 Å². The minimum Gasteiger partial charge on any atom is -0.494 e. The van der Waals surface area contributed by atoms with Crippen LogP contribution in [-0.2, 0) is 4.79 Å². The van der Waals surface area contributed by atoms with E-state index in [1.54, 1.807) is 31.2 Å². The molecule has 1 amide bonds. The summed E-state index contributed by atoms with van der Waals surface area (Å²) in [5, 5.41) is 7.83. The molecule has 1 atom stereocenters. The van der Waals surface area contributed by atoms with E-state index in [1.807, 2.05) is 31.2 Å². The highest BCUT2D eigenvalue weighted by Crippen LogP contribution is 2.26. The molecule has 0 aliphatic heterocycles. The zero-order valence-corrected chi connectivity index (χ0v) is 17.4. The maximum Gasteiger partial charge on any atom is 0.267 e. The van der Waals surface area contributed by atoms with E-state index in [1.165, 1.54) is 6.07 Å². The second-order valence-corrected chi connectivity index (χ2v) is 7.09. The van der Waals surface area contributed by atoms with Crippen LogP contribution in [0.15, 0.2) is 59.4 Å². The Hall–Kier alpha value is -2.83. The second-order valence-electron chi connectivity index (χ2n) is 6.25. The average molecular weight is 432 g/mol. The van der Waals surface area contributed by atoms with Crippen molar-refractivity contribution in [2.75, 3.05) is 11.9 Å². The van der Waals surface area contributed by atoms with Gasteiger partial charge in [0.25, 0.3) is 5.56 Å². The van der Waals surface area contributed by atoms with E-state index in [2.05, 4.69) is 10.4 Å². The summed E-state index contributed by atoms with van der Waals surface area (Å²) in [5.74, 6) is 0.309. The molecular formula is C21H19Cl2N3O3. The molecule has 0 spiro atoms. The number of halogens is 2. The maximum atomic E-state index is 12.7. The van der Waals surface area contributed by atoms with Gasteiger partial charge in [0.15, 0.2) is 0 Å². The van der Waals surface area contributed by atoms with Crippen LogP contribution in [0.1, 0.15) is 19.9 Å². The van der Waals surface area contributed by atoms with Crippen molar-refractivity contribution < 1.29 is 9.53 Å². The molecule has 3 aromatic rings. The molecule has 0 radical (unpaired) electrons. The molecule has 6 nitrogen and oxygen atoms in total. The molecule has 0 aliphatic carbocycles. The van der Waals surface area contributed by atoms with Gasteiger partial charge in [-0.25, -0.2) is 4.68 Å². The predicted molar refractivity (Wildman–Crippen MR) is 115 cm³/mol. The van der Waals surface area contributed by atoms with Crippen molar-refractivity contribution in [1.82, 2.24) is 9.78 Å². The molecule has 1 N–H and O–H groups in total. The third kappa shape index (κ3) is 4.96. The predicted octanol–water partition coefficient (Wildman–Crippen LogP) is 4.82. The molecule has 0 saturated heterocycles. The number of benzene rings is 2. The first kappa shape index (κ1) is 20.9. The van der Waals surface area contributed by atoms with Crippen LogP contribution in [0.4, 0.5) is 5.69 Å². The van der Waals surface area contributed by atoms with Crippen molar-refractivity contribution in [3.8, 4) is 17.0 Å². The first-order valence-corrected chi connectivity index (χ1v) is 9.73. The molecule has 8 heteroatoms.